The molecule has 0 aliphatic rings. The van der Waals surface area contributed by atoms with Crippen molar-refractivity contribution in [2.45, 2.75) is 54.5 Å². The maximum atomic E-state index is 12.3. The number of nitrogens with zero attached hydrogens (tertiary/aromatic N) is 2. The fourth-order valence-corrected chi connectivity index (χ4v) is 2.63. The second kappa shape index (κ2) is 6.99. The molecule has 1 aromatic heterocycles. The molecular weight excluding hydrogens is 288 g/mol. The molecular formula is C19H26N2O2. The molecule has 124 valence electrons. The zero-order valence-electron chi connectivity index (χ0n) is 14.9. The zero-order valence-corrected chi connectivity index (χ0v) is 14.9. The lowest BCUT2D eigenvalue weighted by molar-refractivity contribution is -0.133. The third-order valence-corrected chi connectivity index (χ3v) is 3.96. The molecule has 0 saturated carbocycles. The van der Waals surface area contributed by atoms with Crippen LogP contribution in [0, 0.1) is 33.6 Å². The van der Waals surface area contributed by atoms with Gasteiger partial charge in [-0.2, -0.15) is 5.10 Å². The molecule has 0 aliphatic heterocycles. The van der Waals surface area contributed by atoms with Crippen LogP contribution in [-0.2, 0) is 17.8 Å². The quantitative estimate of drug-likeness (QED) is 0.620. The van der Waals surface area contributed by atoms with Gasteiger partial charge in [-0.25, -0.2) is 0 Å². The second-order valence-electron chi connectivity index (χ2n) is 6.65. The van der Waals surface area contributed by atoms with E-state index in [0.717, 1.165) is 34.6 Å². The number of benzene rings is 1. The molecule has 0 saturated heterocycles. The Hall–Kier alpha value is -2.10. The summed E-state index contributed by atoms with van der Waals surface area (Å²) in [6.45, 7) is 13.1. The summed E-state index contributed by atoms with van der Waals surface area (Å²) in [5.41, 5.74) is 4.97. The molecule has 0 atom stereocenters. The molecule has 4 heteroatoms. The highest BCUT2D eigenvalue weighted by molar-refractivity contribution is 5.76. The van der Waals surface area contributed by atoms with Gasteiger partial charge in [0, 0.05) is 17.8 Å². The number of carbonyl (C=O) groups is 1. The van der Waals surface area contributed by atoms with Crippen LogP contribution in [0.3, 0.4) is 0 Å². The topological polar surface area (TPSA) is 44.1 Å². The lowest BCUT2D eigenvalue weighted by atomic mass is 10.1. The van der Waals surface area contributed by atoms with Crippen molar-refractivity contribution in [3.63, 3.8) is 0 Å². The first-order valence-corrected chi connectivity index (χ1v) is 8.08. The highest BCUT2D eigenvalue weighted by Gasteiger charge is 2.17. The molecule has 0 N–H and O–H groups in total. The second-order valence-corrected chi connectivity index (χ2v) is 6.65. The van der Waals surface area contributed by atoms with Gasteiger partial charge >= 0.3 is 5.97 Å². The molecule has 1 heterocycles. The van der Waals surface area contributed by atoms with Gasteiger partial charge in [0.2, 0.25) is 0 Å². The van der Waals surface area contributed by atoms with Crippen LogP contribution >= 0.6 is 0 Å². The molecule has 0 unspecified atom stereocenters. The van der Waals surface area contributed by atoms with Crippen LogP contribution in [0.15, 0.2) is 18.2 Å². The number of rotatable bonds is 5. The van der Waals surface area contributed by atoms with Crippen molar-refractivity contribution in [2.24, 2.45) is 5.92 Å². The predicted octanol–water partition coefficient (Wildman–Crippen LogP) is 3.92. The van der Waals surface area contributed by atoms with Crippen molar-refractivity contribution < 1.29 is 9.53 Å². The standard InChI is InChI=1S/C19H26N2O2/c1-12(2)11-21-16(6)17(15(5)20-21)10-19(22)23-18-9-13(3)7-8-14(18)4/h7-9,12H,10-11H2,1-6H3. The van der Waals surface area contributed by atoms with Gasteiger partial charge in [0.15, 0.2) is 0 Å². The van der Waals surface area contributed by atoms with Gasteiger partial charge in [0.05, 0.1) is 12.1 Å². The van der Waals surface area contributed by atoms with Crippen LogP contribution in [0.4, 0.5) is 0 Å². The van der Waals surface area contributed by atoms with Gasteiger partial charge in [-0.15, -0.1) is 0 Å². The largest absolute Gasteiger partial charge is 0.426 e. The fourth-order valence-electron chi connectivity index (χ4n) is 2.63. The van der Waals surface area contributed by atoms with Gasteiger partial charge in [-0.05, 0) is 50.8 Å². The summed E-state index contributed by atoms with van der Waals surface area (Å²) < 4.78 is 7.54. The average molecular weight is 314 g/mol. The lowest BCUT2D eigenvalue weighted by Gasteiger charge is -2.09. The van der Waals surface area contributed by atoms with E-state index >= 15 is 0 Å². The summed E-state index contributed by atoms with van der Waals surface area (Å²) in [4.78, 5) is 12.3. The van der Waals surface area contributed by atoms with Gasteiger partial charge in [-0.3, -0.25) is 9.48 Å². The Bertz CT molecular complexity index is 714. The van der Waals surface area contributed by atoms with Crippen LogP contribution in [0.5, 0.6) is 5.75 Å². The Morgan fingerprint density at radius 2 is 1.91 bits per heavy atom. The molecule has 1 aromatic carbocycles. The van der Waals surface area contributed by atoms with E-state index in [0.29, 0.717) is 11.7 Å². The highest BCUT2D eigenvalue weighted by atomic mass is 16.5. The Morgan fingerprint density at radius 1 is 1.22 bits per heavy atom. The Balaban J connectivity index is 2.14. The molecule has 23 heavy (non-hydrogen) atoms. The zero-order chi connectivity index (χ0) is 17.1. The summed E-state index contributed by atoms with van der Waals surface area (Å²) in [5.74, 6) is 0.914. The molecule has 0 amide bonds. The maximum absolute atomic E-state index is 12.3. The maximum Gasteiger partial charge on any atom is 0.315 e. The minimum absolute atomic E-state index is 0.242. The normalized spacial score (nSPS) is 11.1. The van der Waals surface area contributed by atoms with Crippen LogP contribution in [0.25, 0.3) is 0 Å². The lowest BCUT2D eigenvalue weighted by Crippen LogP contribution is -2.13. The third kappa shape index (κ3) is 4.21. The first-order chi connectivity index (χ1) is 10.8. The van der Waals surface area contributed by atoms with Crippen molar-refractivity contribution in [3.8, 4) is 5.75 Å². The number of hydrogen-bond donors (Lipinski definition) is 0. The number of aryl methyl sites for hydroxylation is 3. The van der Waals surface area contributed by atoms with E-state index in [-0.39, 0.29) is 12.4 Å². The number of ether oxygens (including phenoxy) is 1. The first kappa shape index (κ1) is 17.3. The monoisotopic (exact) mass is 314 g/mol. The van der Waals surface area contributed by atoms with Crippen LogP contribution in [-0.4, -0.2) is 15.7 Å². The number of carbonyl (C=O) groups excluding carboxylic acids is 1. The van der Waals surface area contributed by atoms with Crippen LogP contribution < -0.4 is 4.74 Å². The van der Waals surface area contributed by atoms with Crippen molar-refractivity contribution in [1.29, 1.82) is 0 Å². The first-order valence-electron chi connectivity index (χ1n) is 8.08. The fraction of sp³-hybridized carbons (Fsp3) is 0.474. The predicted molar refractivity (Wildman–Crippen MR) is 91.8 cm³/mol. The Kier molecular flexibility index (Phi) is 5.24. The molecule has 0 spiro atoms. The summed E-state index contributed by atoms with van der Waals surface area (Å²) in [7, 11) is 0. The van der Waals surface area contributed by atoms with E-state index in [1.165, 1.54) is 0 Å². The average Bonchev–Trinajstić information content (AvgIpc) is 2.70. The molecule has 2 rings (SSSR count). The van der Waals surface area contributed by atoms with Crippen LogP contribution in [0.2, 0.25) is 0 Å². The summed E-state index contributed by atoms with van der Waals surface area (Å²) in [6.07, 6.45) is 0.253. The summed E-state index contributed by atoms with van der Waals surface area (Å²) >= 11 is 0. The number of hydrogen-bond acceptors (Lipinski definition) is 3. The van der Waals surface area contributed by atoms with Gasteiger partial charge in [0.1, 0.15) is 5.75 Å². The smallest absolute Gasteiger partial charge is 0.315 e. The summed E-state index contributed by atoms with van der Waals surface area (Å²) in [5, 5.41) is 4.55. The van der Waals surface area contributed by atoms with Crippen LogP contribution in [0.1, 0.15) is 41.9 Å². The molecule has 0 bridgehead atoms. The minimum atomic E-state index is -0.242. The third-order valence-electron chi connectivity index (χ3n) is 3.96. The minimum Gasteiger partial charge on any atom is -0.426 e. The van der Waals surface area contributed by atoms with Gasteiger partial charge in [0.25, 0.3) is 0 Å². The van der Waals surface area contributed by atoms with E-state index in [1.54, 1.807) is 0 Å². The SMILES string of the molecule is Cc1ccc(C)c(OC(=O)Cc2c(C)nn(CC(C)C)c2C)c1. The van der Waals surface area contributed by atoms with Crippen molar-refractivity contribution >= 4 is 5.97 Å². The van der Waals surface area contributed by atoms with Crippen molar-refractivity contribution in [2.75, 3.05) is 0 Å². The molecule has 2 aromatic rings. The number of aromatic nitrogens is 2. The van der Waals surface area contributed by atoms with E-state index in [1.807, 2.05) is 50.6 Å². The highest BCUT2D eigenvalue weighted by Crippen LogP contribution is 2.21. The molecule has 4 nitrogen and oxygen atoms in total. The Morgan fingerprint density at radius 3 is 2.57 bits per heavy atom. The summed E-state index contributed by atoms with van der Waals surface area (Å²) in [6, 6.07) is 5.88. The van der Waals surface area contributed by atoms with Crippen molar-refractivity contribution in [3.05, 3.63) is 46.3 Å². The van der Waals surface area contributed by atoms with E-state index in [2.05, 4.69) is 18.9 Å². The molecule has 0 radical (unpaired) electrons. The Labute approximate surface area is 138 Å². The van der Waals surface area contributed by atoms with Gasteiger partial charge in [-0.1, -0.05) is 26.0 Å². The van der Waals surface area contributed by atoms with Gasteiger partial charge < -0.3 is 4.74 Å². The molecule has 0 fully saturated rings. The van der Waals surface area contributed by atoms with E-state index in [9.17, 15) is 4.79 Å². The van der Waals surface area contributed by atoms with E-state index < -0.39 is 0 Å². The number of esters is 1. The van der Waals surface area contributed by atoms with E-state index in [4.69, 9.17) is 4.74 Å². The molecule has 0 aliphatic carbocycles. The van der Waals surface area contributed by atoms with Crippen molar-refractivity contribution in [1.82, 2.24) is 9.78 Å².